The second-order valence-corrected chi connectivity index (χ2v) is 4.56. The highest BCUT2D eigenvalue weighted by atomic mass is 16.3. The molecular formula is C13H18O2. The standard InChI is InChI=1S/C13H18O2/c1-8-4-3-5-11(9(8)2)13(15)12(14)10-6-7-10/h3-5,10,12-15H,6-7H2,1-2H3. The predicted octanol–water partition coefficient (Wildman–Crippen LogP) is 2.11. The first-order chi connectivity index (χ1) is 7.11. The molecule has 2 nitrogen and oxygen atoms in total. The first-order valence-electron chi connectivity index (χ1n) is 5.53. The summed E-state index contributed by atoms with van der Waals surface area (Å²) in [6.45, 7) is 4.02. The van der Waals surface area contributed by atoms with E-state index >= 15 is 0 Å². The van der Waals surface area contributed by atoms with Crippen molar-refractivity contribution in [3.8, 4) is 0 Å². The third-order valence-corrected chi connectivity index (χ3v) is 3.39. The molecule has 1 aromatic rings. The number of aliphatic hydroxyl groups excluding tert-OH is 2. The lowest BCUT2D eigenvalue weighted by atomic mass is 9.94. The van der Waals surface area contributed by atoms with E-state index < -0.39 is 12.2 Å². The van der Waals surface area contributed by atoms with Crippen molar-refractivity contribution in [3.63, 3.8) is 0 Å². The number of hydrogen-bond donors (Lipinski definition) is 2. The summed E-state index contributed by atoms with van der Waals surface area (Å²) in [4.78, 5) is 0. The summed E-state index contributed by atoms with van der Waals surface area (Å²) >= 11 is 0. The van der Waals surface area contributed by atoms with Crippen LogP contribution in [0.1, 0.15) is 35.6 Å². The van der Waals surface area contributed by atoms with E-state index in [9.17, 15) is 10.2 Å². The largest absolute Gasteiger partial charge is 0.390 e. The van der Waals surface area contributed by atoms with Crippen LogP contribution < -0.4 is 0 Å². The van der Waals surface area contributed by atoms with Crippen molar-refractivity contribution in [2.45, 2.75) is 38.9 Å². The van der Waals surface area contributed by atoms with Crippen LogP contribution in [0.5, 0.6) is 0 Å². The number of hydrogen-bond acceptors (Lipinski definition) is 2. The van der Waals surface area contributed by atoms with Crippen LogP contribution in [0.25, 0.3) is 0 Å². The molecule has 1 aliphatic rings. The molecule has 0 aromatic heterocycles. The lowest BCUT2D eigenvalue weighted by Gasteiger charge is -2.20. The number of aliphatic hydroxyl groups is 2. The molecule has 1 saturated carbocycles. The van der Waals surface area contributed by atoms with Crippen molar-refractivity contribution in [1.29, 1.82) is 0 Å². The maximum Gasteiger partial charge on any atom is 0.105 e. The van der Waals surface area contributed by atoms with Gasteiger partial charge < -0.3 is 10.2 Å². The van der Waals surface area contributed by atoms with Crippen LogP contribution in [0.3, 0.4) is 0 Å². The van der Waals surface area contributed by atoms with Crippen molar-refractivity contribution >= 4 is 0 Å². The maximum atomic E-state index is 10.1. The molecule has 1 aliphatic carbocycles. The Morgan fingerprint density at radius 3 is 2.47 bits per heavy atom. The molecule has 1 aromatic carbocycles. The molecule has 2 rings (SSSR count). The monoisotopic (exact) mass is 206 g/mol. The van der Waals surface area contributed by atoms with E-state index in [4.69, 9.17) is 0 Å². The van der Waals surface area contributed by atoms with Gasteiger partial charge >= 0.3 is 0 Å². The molecule has 2 unspecified atom stereocenters. The Morgan fingerprint density at radius 2 is 1.87 bits per heavy atom. The minimum Gasteiger partial charge on any atom is -0.390 e. The number of rotatable bonds is 3. The fraction of sp³-hybridized carbons (Fsp3) is 0.538. The summed E-state index contributed by atoms with van der Waals surface area (Å²) in [6, 6.07) is 5.86. The van der Waals surface area contributed by atoms with Gasteiger partial charge in [-0.25, -0.2) is 0 Å². The molecule has 2 atom stereocenters. The van der Waals surface area contributed by atoms with Crippen LogP contribution in [0.2, 0.25) is 0 Å². The summed E-state index contributed by atoms with van der Waals surface area (Å²) in [6.07, 6.45) is 0.773. The average Bonchev–Trinajstić information content (AvgIpc) is 3.03. The zero-order valence-corrected chi connectivity index (χ0v) is 9.27. The zero-order valence-electron chi connectivity index (χ0n) is 9.27. The second-order valence-electron chi connectivity index (χ2n) is 4.56. The van der Waals surface area contributed by atoms with E-state index in [-0.39, 0.29) is 0 Å². The molecule has 2 heteroatoms. The van der Waals surface area contributed by atoms with E-state index in [2.05, 4.69) is 0 Å². The van der Waals surface area contributed by atoms with Gasteiger partial charge in [0.25, 0.3) is 0 Å². The number of aryl methyl sites for hydroxylation is 1. The van der Waals surface area contributed by atoms with Gasteiger partial charge in [-0.1, -0.05) is 18.2 Å². The van der Waals surface area contributed by atoms with Gasteiger partial charge in [0.05, 0.1) is 6.10 Å². The quantitative estimate of drug-likeness (QED) is 0.795. The van der Waals surface area contributed by atoms with Crippen LogP contribution in [-0.2, 0) is 0 Å². The van der Waals surface area contributed by atoms with Crippen molar-refractivity contribution in [2.24, 2.45) is 5.92 Å². The molecule has 82 valence electrons. The molecule has 0 saturated heterocycles. The lowest BCUT2D eigenvalue weighted by molar-refractivity contribution is 0.00447. The molecule has 1 fully saturated rings. The topological polar surface area (TPSA) is 40.5 Å². The van der Waals surface area contributed by atoms with Gasteiger partial charge in [-0.3, -0.25) is 0 Å². The highest BCUT2D eigenvalue weighted by Gasteiger charge is 2.35. The third-order valence-electron chi connectivity index (χ3n) is 3.39. The first-order valence-corrected chi connectivity index (χ1v) is 5.53. The second kappa shape index (κ2) is 3.95. The molecule has 0 radical (unpaired) electrons. The summed E-state index contributed by atoms with van der Waals surface area (Å²) in [7, 11) is 0. The lowest BCUT2D eigenvalue weighted by Crippen LogP contribution is -2.21. The summed E-state index contributed by atoms with van der Waals surface area (Å²) < 4.78 is 0. The Balaban J connectivity index is 2.24. The van der Waals surface area contributed by atoms with Crippen molar-refractivity contribution in [3.05, 3.63) is 34.9 Å². The smallest absolute Gasteiger partial charge is 0.105 e. The highest BCUT2D eigenvalue weighted by molar-refractivity contribution is 5.35. The van der Waals surface area contributed by atoms with Gasteiger partial charge in [0.15, 0.2) is 0 Å². The summed E-state index contributed by atoms with van der Waals surface area (Å²) in [5, 5.41) is 19.9. The Kier molecular flexibility index (Phi) is 2.81. The minimum absolute atomic E-state index is 0.305. The van der Waals surface area contributed by atoms with Gasteiger partial charge in [-0.15, -0.1) is 0 Å². The van der Waals surface area contributed by atoms with Gasteiger partial charge in [-0.05, 0) is 49.3 Å². The van der Waals surface area contributed by atoms with Crippen LogP contribution >= 0.6 is 0 Å². The molecule has 0 aliphatic heterocycles. The Hall–Kier alpha value is -0.860. The summed E-state index contributed by atoms with van der Waals surface area (Å²) in [5.74, 6) is 0.305. The highest BCUT2D eigenvalue weighted by Crippen LogP contribution is 2.38. The normalized spacial score (nSPS) is 20.0. The Morgan fingerprint density at radius 1 is 1.20 bits per heavy atom. The minimum atomic E-state index is -0.725. The molecular weight excluding hydrogens is 188 g/mol. The van der Waals surface area contributed by atoms with E-state index in [1.807, 2.05) is 32.0 Å². The fourth-order valence-electron chi connectivity index (χ4n) is 1.97. The fourth-order valence-corrected chi connectivity index (χ4v) is 1.97. The average molecular weight is 206 g/mol. The van der Waals surface area contributed by atoms with Crippen LogP contribution in [0, 0.1) is 19.8 Å². The molecule has 0 amide bonds. The maximum absolute atomic E-state index is 10.1. The van der Waals surface area contributed by atoms with Crippen molar-refractivity contribution in [2.75, 3.05) is 0 Å². The van der Waals surface area contributed by atoms with Crippen LogP contribution in [0.15, 0.2) is 18.2 Å². The van der Waals surface area contributed by atoms with Crippen LogP contribution in [0.4, 0.5) is 0 Å². The molecule has 0 heterocycles. The van der Waals surface area contributed by atoms with E-state index in [1.54, 1.807) is 0 Å². The summed E-state index contributed by atoms with van der Waals surface area (Å²) in [5.41, 5.74) is 3.12. The van der Waals surface area contributed by atoms with Crippen molar-refractivity contribution < 1.29 is 10.2 Å². The predicted molar refractivity (Wildman–Crippen MR) is 59.6 cm³/mol. The molecule has 0 bridgehead atoms. The molecule has 15 heavy (non-hydrogen) atoms. The zero-order chi connectivity index (χ0) is 11.0. The van der Waals surface area contributed by atoms with Gasteiger partial charge in [0, 0.05) is 0 Å². The molecule has 2 N–H and O–H groups in total. The van der Waals surface area contributed by atoms with Crippen LogP contribution in [-0.4, -0.2) is 16.3 Å². The number of benzene rings is 1. The van der Waals surface area contributed by atoms with Gasteiger partial charge in [0.1, 0.15) is 6.10 Å². The third kappa shape index (κ3) is 2.06. The first kappa shape index (κ1) is 10.7. The van der Waals surface area contributed by atoms with Gasteiger partial charge in [0.2, 0.25) is 0 Å². The Bertz CT molecular complexity index is 356. The van der Waals surface area contributed by atoms with Gasteiger partial charge in [-0.2, -0.15) is 0 Å². The SMILES string of the molecule is Cc1cccc(C(O)C(O)C2CC2)c1C. The van der Waals surface area contributed by atoms with E-state index in [0.29, 0.717) is 5.92 Å². The Labute approximate surface area is 90.6 Å². The van der Waals surface area contributed by atoms with E-state index in [1.165, 1.54) is 0 Å². The van der Waals surface area contributed by atoms with E-state index in [0.717, 1.165) is 29.5 Å². The molecule has 0 spiro atoms. The van der Waals surface area contributed by atoms with Crippen molar-refractivity contribution in [1.82, 2.24) is 0 Å².